The van der Waals surface area contributed by atoms with Crippen LogP contribution in [-0.2, 0) is 19.1 Å². The fraction of sp³-hybridized carbons (Fsp3) is 0.385. The zero-order valence-corrected chi connectivity index (χ0v) is 19.6. The van der Waals surface area contributed by atoms with E-state index in [2.05, 4.69) is 5.32 Å². The standard InChI is InChI=1S/C26H29N3O6/c1-34-16-15-29(14-6-13-27)25(32)23(11-12-24(30)31)28-26(33)35-17-22-20-9-4-2-7-18(20)19-8-3-5-10-21(19)22/h2-5,7-10,22-23H,6,11-12,14-17H2,1H3,(H,28,33)(H,30,31). The Hall–Kier alpha value is -3.90. The Balaban J connectivity index is 1.69. The summed E-state index contributed by atoms with van der Waals surface area (Å²) < 4.78 is 10.6. The number of fused-ring (bicyclic) bond motifs is 3. The predicted molar refractivity (Wildman–Crippen MR) is 128 cm³/mol. The van der Waals surface area contributed by atoms with Gasteiger partial charge in [-0.15, -0.1) is 0 Å². The van der Waals surface area contributed by atoms with Crippen molar-refractivity contribution in [2.45, 2.75) is 31.2 Å². The van der Waals surface area contributed by atoms with E-state index in [0.717, 1.165) is 22.3 Å². The molecule has 0 aromatic heterocycles. The molecule has 3 rings (SSSR count). The first-order chi connectivity index (χ1) is 17.0. The lowest BCUT2D eigenvalue weighted by atomic mass is 9.98. The van der Waals surface area contributed by atoms with Crippen LogP contribution in [0.1, 0.15) is 36.3 Å². The van der Waals surface area contributed by atoms with Gasteiger partial charge in [-0.3, -0.25) is 9.59 Å². The molecule has 0 heterocycles. The first-order valence-corrected chi connectivity index (χ1v) is 11.4. The van der Waals surface area contributed by atoms with Gasteiger partial charge in [0, 0.05) is 32.5 Å². The average molecular weight is 480 g/mol. The Bertz CT molecular complexity index is 1050. The second-order valence-corrected chi connectivity index (χ2v) is 8.18. The molecule has 2 aromatic carbocycles. The number of hydrogen-bond donors (Lipinski definition) is 2. The van der Waals surface area contributed by atoms with Crippen LogP contribution in [0.25, 0.3) is 11.1 Å². The monoisotopic (exact) mass is 479 g/mol. The Kier molecular flexibility index (Phi) is 9.21. The summed E-state index contributed by atoms with van der Waals surface area (Å²) in [6, 6.07) is 16.8. The number of aliphatic carboxylic acids is 1. The molecule has 0 saturated heterocycles. The molecule has 0 spiro atoms. The molecule has 1 aliphatic carbocycles. The molecule has 0 radical (unpaired) electrons. The van der Waals surface area contributed by atoms with Crippen molar-refractivity contribution in [1.82, 2.24) is 10.2 Å². The molecule has 2 amide bonds. The van der Waals surface area contributed by atoms with Crippen LogP contribution in [0.3, 0.4) is 0 Å². The zero-order chi connectivity index (χ0) is 25.2. The van der Waals surface area contributed by atoms with E-state index in [1.165, 1.54) is 12.0 Å². The first-order valence-electron chi connectivity index (χ1n) is 11.4. The van der Waals surface area contributed by atoms with Crippen LogP contribution in [0.4, 0.5) is 4.79 Å². The lowest BCUT2D eigenvalue weighted by Crippen LogP contribution is -2.50. The second-order valence-electron chi connectivity index (χ2n) is 8.18. The molecule has 0 fully saturated rings. The molecule has 1 atom stereocenters. The molecule has 2 N–H and O–H groups in total. The van der Waals surface area contributed by atoms with Crippen LogP contribution in [0, 0.1) is 11.3 Å². The highest BCUT2D eigenvalue weighted by molar-refractivity contribution is 5.86. The summed E-state index contributed by atoms with van der Waals surface area (Å²) in [5, 5.41) is 20.5. The lowest BCUT2D eigenvalue weighted by molar-refractivity contribution is -0.138. The number of amides is 2. The molecule has 35 heavy (non-hydrogen) atoms. The number of alkyl carbamates (subject to hydrolysis) is 1. The number of nitrogens with one attached hydrogen (secondary N) is 1. The molecular formula is C26H29N3O6. The molecule has 9 nitrogen and oxygen atoms in total. The summed E-state index contributed by atoms with van der Waals surface area (Å²) in [6.45, 7) is 0.677. The van der Waals surface area contributed by atoms with Crippen molar-refractivity contribution in [3.05, 3.63) is 59.7 Å². The SMILES string of the molecule is COCCN(CCC#N)C(=O)C(CCC(=O)O)NC(=O)OCC1c2ccccc2-c2ccccc21. The van der Waals surface area contributed by atoms with Crippen molar-refractivity contribution in [2.75, 3.05) is 33.4 Å². The van der Waals surface area contributed by atoms with Gasteiger partial charge in [0.2, 0.25) is 5.91 Å². The molecule has 1 aliphatic rings. The van der Waals surface area contributed by atoms with Crippen LogP contribution in [0.5, 0.6) is 0 Å². The molecule has 2 aromatic rings. The molecule has 9 heteroatoms. The Morgan fingerprint density at radius 3 is 2.29 bits per heavy atom. The van der Waals surface area contributed by atoms with Gasteiger partial charge in [0.25, 0.3) is 0 Å². The minimum atomic E-state index is -1.10. The van der Waals surface area contributed by atoms with Crippen LogP contribution >= 0.6 is 0 Å². The second kappa shape index (κ2) is 12.5. The van der Waals surface area contributed by atoms with Gasteiger partial charge in [0.05, 0.1) is 19.1 Å². The fourth-order valence-electron chi connectivity index (χ4n) is 4.25. The minimum absolute atomic E-state index is 0.0710. The van der Waals surface area contributed by atoms with Crippen molar-refractivity contribution in [3.8, 4) is 17.2 Å². The number of carboxylic acids is 1. The highest BCUT2D eigenvalue weighted by atomic mass is 16.5. The largest absolute Gasteiger partial charge is 0.481 e. The third-order valence-corrected chi connectivity index (χ3v) is 5.95. The van der Waals surface area contributed by atoms with Crippen molar-refractivity contribution in [2.24, 2.45) is 0 Å². The number of nitriles is 1. The van der Waals surface area contributed by atoms with E-state index >= 15 is 0 Å². The van der Waals surface area contributed by atoms with E-state index in [4.69, 9.17) is 19.8 Å². The maximum atomic E-state index is 13.1. The highest BCUT2D eigenvalue weighted by Gasteiger charge is 2.31. The number of rotatable bonds is 12. The lowest BCUT2D eigenvalue weighted by Gasteiger charge is -2.27. The van der Waals surface area contributed by atoms with Gasteiger partial charge in [0.15, 0.2) is 0 Å². The summed E-state index contributed by atoms with van der Waals surface area (Å²) in [5.41, 5.74) is 4.31. The molecule has 0 aliphatic heterocycles. The number of ether oxygens (including phenoxy) is 2. The summed E-state index contributed by atoms with van der Waals surface area (Å²) in [6.07, 6.45) is -1.11. The number of carboxylic acid groups (broad SMARTS) is 1. The minimum Gasteiger partial charge on any atom is -0.481 e. The van der Waals surface area contributed by atoms with Gasteiger partial charge in [-0.25, -0.2) is 4.79 Å². The van der Waals surface area contributed by atoms with Crippen molar-refractivity contribution in [1.29, 1.82) is 5.26 Å². The maximum absolute atomic E-state index is 13.1. The van der Waals surface area contributed by atoms with Crippen LogP contribution in [0.2, 0.25) is 0 Å². The van der Waals surface area contributed by atoms with E-state index in [9.17, 15) is 14.4 Å². The number of carbonyl (C=O) groups excluding carboxylic acids is 2. The summed E-state index contributed by atoms with van der Waals surface area (Å²) in [7, 11) is 1.49. The Morgan fingerprint density at radius 1 is 1.09 bits per heavy atom. The van der Waals surface area contributed by atoms with Crippen molar-refractivity contribution < 1.29 is 29.0 Å². The van der Waals surface area contributed by atoms with Gasteiger partial charge in [-0.2, -0.15) is 5.26 Å². The summed E-state index contributed by atoms with van der Waals surface area (Å²) in [4.78, 5) is 38.3. The number of carbonyl (C=O) groups is 3. The first kappa shape index (κ1) is 25.7. The Labute approximate surface area is 204 Å². The molecular weight excluding hydrogens is 450 g/mol. The zero-order valence-electron chi connectivity index (χ0n) is 19.6. The molecule has 0 bridgehead atoms. The average Bonchev–Trinajstić information content (AvgIpc) is 3.18. The third-order valence-electron chi connectivity index (χ3n) is 5.95. The normalized spacial score (nSPS) is 12.7. The van der Waals surface area contributed by atoms with Crippen LogP contribution < -0.4 is 5.32 Å². The Morgan fingerprint density at radius 2 is 1.71 bits per heavy atom. The number of nitrogens with zero attached hydrogens (tertiary/aromatic N) is 2. The topological polar surface area (TPSA) is 129 Å². The molecule has 0 saturated carbocycles. The van der Waals surface area contributed by atoms with E-state index < -0.39 is 24.0 Å². The van der Waals surface area contributed by atoms with E-state index in [1.807, 2.05) is 54.6 Å². The van der Waals surface area contributed by atoms with E-state index in [0.29, 0.717) is 0 Å². The maximum Gasteiger partial charge on any atom is 0.407 e. The predicted octanol–water partition coefficient (Wildman–Crippen LogP) is 3.15. The van der Waals surface area contributed by atoms with Gasteiger partial charge in [-0.1, -0.05) is 48.5 Å². The highest BCUT2D eigenvalue weighted by Crippen LogP contribution is 2.44. The quantitative estimate of drug-likeness (QED) is 0.478. The van der Waals surface area contributed by atoms with Gasteiger partial charge < -0.3 is 24.8 Å². The smallest absolute Gasteiger partial charge is 0.407 e. The molecule has 1 unspecified atom stereocenters. The van der Waals surface area contributed by atoms with Crippen molar-refractivity contribution in [3.63, 3.8) is 0 Å². The van der Waals surface area contributed by atoms with Crippen molar-refractivity contribution >= 4 is 18.0 Å². The van der Waals surface area contributed by atoms with E-state index in [-0.39, 0.29) is 51.5 Å². The fourth-order valence-corrected chi connectivity index (χ4v) is 4.25. The van der Waals surface area contributed by atoms with E-state index in [1.54, 1.807) is 0 Å². The van der Waals surface area contributed by atoms with Crippen LogP contribution in [-0.4, -0.2) is 67.4 Å². The summed E-state index contributed by atoms with van der Waals surface area (Å²) in [5.74, 6) is -1.71. The molecule has 184 valence electrons. The number of hydrogen-bond acceptors (Lipinski definition) is 6. The third kappa shape index (κ3) is 6.58. The number of benzene rings is 2. The summed E-state index contributed by atoms with van der Waals surface area (Å²) >= 11 is 0. The van der Waals surface area contributed by atoms with Gasteiger partial charge in [-0.05, 0) is 28.7 Å². The van der Waals surface area contributed by atoms with Crippen LogP contribution in [0.15, 0.2) is 48.5 Å². The number of methoxy groups -OCH3 is 1. The van der Waals surface area contributed by atoms with Gasteiger partial charge >= 0.3 is 12.1 Å². The van der Waals surface area contributed by atoms with Gasteiger partial charge in [0.1, 0.15) is 12.6 Å².